The number of alkyl halides is 3. The Labute approximate surface area is 150 Å². The maximum atomic E-state index is 14.4. The first kappa shape index (κ1) is 17.0. The van der Waals surface area contributed by atoms with Gasteiger partial charge in [0.2, 0.25) is 0 Å². The van der Waals surface area contributed by atoms with Crippen LogP contribution in [0.2, 0.25) is 0 Å². The molecule has 2 aromatic heterocycles. The molecule has 0 radical (unpaired) electrons. The van der Waals surface area contributed by atoms with Crippen LogP contribution in [0.25, 0.3) is 28.2 Å². The van der Waals surface area contributed by atoms with E-state index >= 15 is 0 Å². The topological polar surface area (TPSA) is 50.4 Å². The van der Waals surface area contributed by atoms with Gasteiger partial charge in [0.15, 0.2) is 5.65 Å². The number of aromatic nitrogens is 3. The van der Waals surface area contributed by atoms with E-state index in [2.05, 4.69) is 9.97 Å². The summed E-state index contributed by atoms with van der Waals surface area (Å²) < 4.78 is 55.0. The van der Waals surface area contributed by atoms with Crippen LogP contribution in [-0.4, -0.2) is 19.5 Å². The van der Waals surface area contributed by atoms with Crippen LogP contribution in [0.4, 0.5) is 17.6 Å². The number of fused-ring (bicyclic) bond motifs is 1. The number of hydrogen-bond donors (Lipinski definition) is 1. The van der Waals surface area contributed by atoms with Crippen molar-refractivity contribution in [2.75, 3.05) is 0 Å². The van der Waals surface area contributed by atoms with Crippen LogP contribution in [-0.2, 0) is 6.18 Å². The Morgan fingerprint density at radius 2 is 1.67 bits per heavy atom. The Morgan fingerprint density at radius 3 is 2.37 bits per heavy atom. The van der Waals surface area contributed by atoms with Crippen molar-refractivity contribution in [1.29, 1.82) is 0 Å². The maximum absolute atomic E-state index is 14.4. The third kappa shape index (κ3) is 2.99. The predicted molar refractivity (Wildman–Crippen MR) is 90.5 cm³/mol. The number of phenolic OH excluding ortho intramolecular Hbond substituents is 1. The minimum absolute atomic E-state index is 0.0455. The molecule has 0 atom stereocenters. The molecule has 1 N–H and O–H groups in total. The average molecular weight is 373 g/mol. The standard InChI is InChI=1S/C19H11F4N3O/c20-18-13(2-1-3-14(18)19(21,22)23)15-10-26-16(8-25-17(26)9-24-15)11-4-6-12(27)7-5-11/h1-10,27H. The first-order valence-electron chi connectivity index (χ1n) is 7.83. The molecule has 0 amide bonds. The molecular weight excluding hydrogens is 362 g/mol. The number of halogens is 4. The average Bonchev–Trinajstić information content (AvgIpc) is 3.05. The third-order valence-electron chi connectivity index (χ3n) is 4.14. The van der Waals surface area contributed by atoms with Crippen LogP contribution in [0.15, 0.2) is 61.1 Å². The Kier molecular flexibility index (Phi) is 3.83. The number of rotatable bonds is 2. The van der Waals surface area contributed by atoms with E-state index < -0.39 is 17.6 Å². The van der Waals surface area contributed by atoms with Gasteiger partial charge in [0, 0.05) is 17.3 Å². The van der Waals surface area contributed by atoms with Crippen molar-refractivity contribution in [2.24, 2.45) is 0 Å². The Balaban J connectivity index is 1.88. The summed E-state index contributed by atoms with van der Waals surface area (Å²) in [7, 11) is 0. The normalized spacial score (nSPS) is 11.9. The van der Waals surface area contributed by atoms with Gasteiger partial charge in [-0.1, -0.05) is 6.07 Å². The highest BCUT2D eigenvalue weighted by molar-refractivity contribution is 5.67. The lowest BCUT2D eigenvalue weighted by Crippen LogP contribution is -2.09. The lowest BCUT2D eigenvalue weighted by atomic mass is 10.1. The first-order valence-corrected chi connectivity index (χ1v) is 7.83. The molecule has 4 aromatic rings. The molecule has 27 heavy (non-hydrogen) atoms. The number of benzene rings is 2. The van der Waals surface area contributed by atoms with Gasteiger partial charge in [-0.3, -0.25) is 9.38 Å². The zero-order valence-corrected chi connectivity index (χ0v) is 13.6. The van der Waals surface area contributed by atoms with E-state index in [4.69, 9.17) is 0 Å². The molecule has 0 fully saturated rings. The van der Waals surface area contributed by atoms with E-state index in [1.807, 2.05) is 0 Å². The van der Waals surface area contributed by atoms with Gasteiger partial charge in [-0.15, -0.1) is 0 Å². The molecule has 0 aliphatic heterocycles. The molecule has 0 unspecified atom stereocenters. The zero-order chi connectivity index (χ0) is 19.2. The first-order chi connectivity index (χ1) is 12.8. The van der Waals surface area contributed by atoms with Crippen molar-refractivity contribution in [2.45, 2.75) is 6.18 Å². The molecular formula is C19H11F4N3O. The van der Waals surface area contributed by atoms with E-state index in [1.54, 1.807) is 22.7 Å². The fourth-order valence-corrected chi connectivity index (χ4v) is 2.82. The highest BCUT2D eigenvalue weighted by Crippen LogP contribution is 2.35. The van der Waals surface area contributed by atoms with E-state index in [0.717, 1.165) is 11.6 Å². The van der Waals surface area contributed by atoms with Crippen molar-refractivity contribution in [3.63, 3.8) is 0 Å². The molecule has 0 saturated heterocycles. The van der Waals surface area contributed by atoms with Gasteiger partial charge in [0.05, 0.1) is 29.3 Å². The fourth-order valence-electron chi connectivity index (χ4n) is 2.82. The van der Waals surface area contributed by atoms with Crippen LogP contribution in [0.5, 0.6) is 5.75 Å². The maximum Gasteiger partial charge on any atom is 0.419 e. The number of imidazole rings is 1. The number of nitrogens with zero attached hydrogens (tertiary/aromatic N) is 3. The molecule has 0 spiro atoms. The summed E-state index contributed by atoms with van der Waals surface area (Å²) in [6.07, 6.45) is -0.436. The van der Waals surface area contributed by atoms with Gasteiger partial charge >= 0.3 is 6.18 Å². The van der Waals surface area contributed by atoms with Crippen molar-refractivity contribution in [3.05, 3.63) is 72.4 Å². The molecule has 2 aromatic carbocycles. The van der Waals surface area contributed by atoms with Gasteiger partial charge in [-0.05, 0) is 36.4 Å². The minimum atomic E-state index is -4.80. The molecule has 8 heteroatoms. The second kappa shape index (κ2) is 6.08. The molecule has 2 heterocycles. The summed E-state index contributed by atoms with van der Waals surface area (Å²) in [4.78, 5) is 8.25. The number of phenols is 1. The van der Waals surface area contributed by atoms with Crippen molar-refractivity contribution in [1.82, 2.24) is 14.4 Å². The van der Waals surface area contributed by atoms with Crippen LogP contribution in [0.3, 0.4) is 0 Å². The van der Waals surface area contributed by atoms with Crippen molar-refractivity contribution >= 4 is 5.65 Å². The van der Waals surface area contributed by atoms with E-state index in [9.17, 15) is 22.7 Å². The van der Waals surface area contributed by atoms with Gasteiger partial charge in [-0.2, -0.15) is 13.2 Å². The van der Waals surface area contributed by atoms with Crippen LogP contribution in [0.1, 0.15) is 5.56 Å². The minimum Gasteiger partial charge on any atom is -0.508 e. The monoisotopic (exact) mass is 373 g/mol. The number of aromatic hydroxyl groups is 1. The Morgan fingerprint density at radius 1 is 0.926 bits per heavy atom. The summed E-state index contributed by atoms with van der Waals surface area (Å²) in [5.74, 6) is -1.27. The van der Waals surface area contributed by atoms with Gasteiger partial charge in [0.25, 0.3) is 0 Å². The Bertz CT molecular complexity index is 1130. The molecule has 0 bridgehead atoms. The lowest BCUT2D eigenvalue weighted by Gasteiger charge is -2.11. The third-order valence-corrected chi connectivity index (χ3v) is 4.14. The summed E-state index contributed by atoms with van der Waals surface area (Å²) in [5.41, 5.74) is 0.254. The Hall–Kier alpha value is -3.42. The number of hydrogen-bond acceptors (Lipinski definition) is 3. The van der Waals surface area contributed by atoms with E-state index in [0.29, 0.717) is 17.4 Å². The molecule has 0 saturated carbocycles. The molecule has 136 valence electrons. The summed E-state index contributed by atoms with van der Waals surface area (Å²) in [6.45, 7) is 0. The summed E-state index contributed by atoms with van der Waals surface area (Å²) in [6, 6.07) is 9.42. The van der Waals surface area contributed by atoms with Gasteiger partial charge in [-0.25, -0.2) is 9.37 Å². The largest absolute Gasteiger partial charge is 0.508 e. The van der Waals surface area contributed by atoms with Crippen LogP contribution >= 0.6 is 0 Å². The lowest BCUT2D eigenvalue weighted by molar-refractivity contribution is -0.139. The highest BCUT2D eigenvalue weighted by atomic mass is 19.4. The van der Waals surface area contributed by atoms with Crippen molar-refractivity contribution in [3.8, 4) is 28.3 Å². The summed E-state index contributed by atoms with van der Waals surface area (Å²) in [5, 5.41) is 9.42. The van der Waals surface area contributed by atoms with Gasteiger partial charge in [0.1, 0.15) is 11.6 Å². The smallest absolute Gasteiger partial charge is 0.419 e. The van der Waals surface area contributed by atoms with Crippen LogP contribution < -0.4 is 0 Å². The highest BCUT2D eigenvalue weighted by Gasteiger charge is 2.35. The second-order valence-electron chi connectivity index (χ2n) is 5.86. The van der Waals surface area contributed by atoms with Crippen LogP contribution in [0, 0.1) is 5.82 Å². The van der Waals surface area contributed by atoms with Crippen molar-refractivity contribution < 1.29 is 22.7 Å². The molecule has 4 rings (SSSR count). The molecule has 4 nitrogen and oxygen atoms in total. The van der Waals surface area contributed by atoms with Gasteiger partial charge < -0.3 is 5.11 Å². The second-order valence-corrected chi connectivity index (χ2v) is 5.86. The SMILES string of the molecule is Oc1ccc(-c2cnc3cnc(-c4cccc(C(F)(F)F)c4F)cn23)cc1. The molecule has 0 aliphatic rings. The zero-order valence-electron chi connectivity index (χ0n) is 13.6. The summed E-state index contributed by atoms with van der Waals surface area (Å²) >= 11 is 0. The van der Waals surface area contributed by atoms with E-state index in [-0.39, 0.29) is 17.0 Å². The quantitative estimate of drug-likeness (QED) is 0.507. The van der Waals surface area contributed by atoms with E-state index in [1.165, 1.54) is 30.6 Å². The molecule has 0 aliphatic carbocycles. The predicted octanol–water partition coefficient (Wildman–Crippen LogP) is 4.93. The fraction of sp³-hybridized carbons (Fsp3) is 0.0526.